The standard InChI is InChI=1S/C21H22N4O2/c1-15-20(2,3)21(4,24-22-18(26)16-11-7-5-8-12-16)25(23-15)19(27)17-13-9-6-10-14-17/h5-14H,1-4H3. The van der Waals surface area contributed by atoms with E-state index in [1.165, 1.54) is 5.01 Å². The lowest BCUT2D eigenvalue weighted by molar-refractivity contribution is 0.0386. The topological polar surface area (TPSA) is 74.5 Å². The summed E-state index contributed by atoms with van der Waals surface area (Å²) in [5.74, 6) is -0.738. The van der Waals surface area contributed by atoms with Crippen LogP contribution in [0.1, 0.15) is 48.4 Å². The van der Waals surface area contributed by atoms with Gasteiger partial charge in [-0.05, 0) is 38.1 Å². The van der Waals surface area contributed by atoms with E-state index in [0.29, 0.717) is 11.1 Å². The highest BCUT2D eigenvalue weighted by Crippen LogP contribution is 2.44. The van der Waals surface area contributed by atoms with E-state index >= 15 is 0 Å². The van der Waals surface area contributed by atoms with Crippen molar-refractivity contribution in [3.63, 3.8) is 0 Å². The molecule has 2 amide bonds. The maximum absolute atomic E-state index is 13.0. The van der Waals surface area contributed by atoms with Crippen LogP contribution in [-0.4, -0.2) is 28.2 Å². The third kappa shape index (κ3) is 3.18. The van der Waals surface area contributed by atoms with Crippen molar-refractivity contribution in [1.82, 2.24) is 5.01 Å². The third-order valence-corrected chi connectivity index (χ3v) is 5.32. The quantitative estimate of drug-likeness (QED) is 0.751. The molecule has 27 heavy (non-hydrogen) atoms. The summed E-state index contributed by atoms with van der Waals surface area (Å²) in [6.45, 7) is 7.51. The Kier molecular flexibility index (Phi) is 4.74. The van der Waals surface area contributed by atoms with Gasteiger partial charge in [-0.15, -0.1) is 5.11 Å². The molecule has 0 saturated carbocycles. The predicted octanol–water partition coefficient (Wildman–Crippen LogP) is 4.55. The average Bonchev–Trinajstić information content (AvgIpc) is 2.87. The van der Waals surface area contributed by atoms with E-state index in [2.05, 4.69) is 15.3 Å². The molecule has 2 aromatic rings. The number of amides is 2. The number of hydrogen-bond acceptors (Lipinski definition) is 4. The van der Waals surface area contributed by atoms with Gasteiger partial charge in [-0.25, -0.2) is 0 Å². The van der Waals surface area contributed by atoms with Gasteiger partial charge in [0, 0.05) is 16.8 Å². The highest BCUT2D eigenvalue weighted by Gasteiger charge is 2.55. The number of azo groups is 1. The molecule has 6 nitrogen and oxygen atoms in total. The molecule has 1 aliphatic heterocycles. The fourth-order valence-corrected chi connectivity index (χ4v) is 2.87. The second-order valence-corrected chi connectivity index (χ2v) is 7.19. The average molecular weight is 362 g/mol. The van der Waals surface area contributed by atoms with Crippen LogP contribution in [0.3, 0.4) is 0 Å². The van der Waals surface area contributed by atoms with Gasteiger partial charge in [0.15, 0.2) is 5.66 Å². The molecule has 0 N–H and O–H groups in total. The highest BCUT2D eigenvalue weighted by atomic mass is 16.2. The maximum Gasteiger partial charge on any atom is 0.295 e. The summed E-state index contributed by atoms with van der Waals surface area (Å²) in [7, 11) is 0. The minimum Gasteiger partial charge on any atom is -0.267 e. The zero-order valence-corrected chi connectivity index (χ0v) is 15.9. The summed E-state index contributed by atoms with van der Waals surface area (Å²) < 4.78 is 0. The molecule has 1 heterocycles. The third-order valence-electron chi connectivity index (χ3n) is 5.32. The molecule has 1 unspecified atom stereocenters. The van der Waals surface area contributed by atoms with Gasteiger partial charge in [0.05, 0.1) is 5.41 Å². The fraction of sp³-hybridized carbons (Fsp3) is 0.286. The van der Waals surface area contributed by atoms with Crippen molar-refractivity contribution in [2.75, 3.05) is 0 Å². The normalized spacial score (nSPS) is 21.3. The van der Waals surface area contributed by atoms with Crippen molar-refractivity contribution in [1.29, 1.82) is 0 Å². The van der Waals surface area contributed by atoms with E-state index in [1.54, 1.807) is 55.5 Å². The summed E-state index contributed by atoms with van der Waals surface area (Å²) >= 11 is 0. The van der Waals surface area contributed by atoms with Gasteiger partial charge < -0.3 is 0 Å². The van der Waals surface area contributed by atoms with Gasteiger partial charge in [-0.1, -0.05) is 50.2 Å². The highest BCUT2D eigenvalue weighted by molar-refractivity contribution is 6.00. The van der Waals surface area contributed by atoms with Gasteiger partial charge in [-0.2, -0.15) is 15.2 Å². The van der Waals surface area contributed by atoms with Crippen molar-refractivity contribution in [3.8, 4) is 0 Å². The summed E-state index contributed by atoms with van der Waals surface area (Å²) in [5, 5.41) is 14.0. The van der Waals surface area contributed by atoms with Crippen molar-refractivity contribution in [2.45, 2.75) is 33.4 Å². The Hall–Kier alpha value is -3.15. The Morgan fingerprint density at radius 1 is 0.889 bits per heavy atom. The van der Waals surface area contributed by atoms with Gasteiger partial charge in [0.25, 0.3) is 11.8 Å². The van der Waals surface area contributed by atoms with Crippen LogP contribution in [-0.2, 0) is 0 Å². The molecule has 0 saturated heterocycles. The molecular weight excluding hydrogens is 340 g/mol. The van der Waals surface area contributed by atoms with Crippen LogP contribution in [0.2, 0.25) is 0 Å². The van der Waals surface area contributed by atoms with E-state index in [4.69, 9.17) is 0 Å². The largest absolute Gasteiger partial charge is 0.295 e. The smallest absolute Gasteiger partial charge is 0.267 e. The SMILES string of the molecule is CC1=NN(C(=O)c2ccccc2)C(C)(N=NC(=O)c2ccccc2)C1(C)C. The van der Waals surface area contributed by atoms with Crippen LogP contribution >= 0.6 is 0 Å². The van der Waals surface area contributed by atoms with Crippen LogP contribution in [0, 0.1) is 5.41 Å². The number of hydrogen-bond donors (Lipinski definition) is 0. The van der Waals surface area contributed by atoms with Crippen molar-refractivity contribution >= 4 is 17.5 Å². The van der Waals surface area contributed by atoms with E-state index in [1.807, 2.05) is 32.9 Å². The lowest BCUT2D eigenvalue weighted by atomic mass is 9.77. The van der Waals surface area contributed by atoms with Gasteiger partial charge in [0.2, 0.25) is 0 Å². The molecule has 1 atom stereocenters. The van der Waals surface area contributed by atoms with Crippen molar-refractivity contribution in [2.24, 2.45) is 20.7 Å². The lowest BCUT2D eigenvalue weighted by Gasteiger charge is -2.37. The van der Waals surface area contributed by atoms with E-state index in [-0.39, 0.29) is 5.91 Å². The molecule has 1 aliphatic rings. The van der Waals surface area contributed by atoms with E-state index in [9.17, 15) is 9.59 Å². The fourth-order valence-electron chi connectivity index (χ4n) is 2.87. The predicted molar refractivity (Wildman–Crippen MR) is 104 cm³/mol. The Labute approximate surface area is 158 Å². The maximum atomic E-state index is 13.0. The minimum absolute atomic E-state index is 0.283. The summed E-state index contributed by atoms with van der Waals surface area (Å²) in [6.07, 6.45) is 0. The first-order valence-corrected chi connectivity index (χ1v) is 8.75. The molecule has 0 fully saturated rings. The Morgan fingerprint density at radius 3 is 1.96 bits per heavy atom. The number of benzene rings is 2. The molecule has 138 valence electrons. The summed E-state index contributed by atoms with van der Waals surface area (Å²) in [4.78, 5) is 25.4. The monoisotopic (exact) mass is 362 g/mol. The van der Waals surface area contributed by atoms with Crippen LogP contribution in [0.25, 0.3) is 0 Å². The zero-order valence-electron chi connectivity index (χ0n) is 15.9. The number of hydrazone groups is 1. The molecule has 0 bridgehead atoms. The molecule has 0 aromatic heterocycles. The zero-order chi connectivity index (χ0) is 19.7. The summed E-state index contributed by atoms with van der Waals surface area (Å²) in [6, 6.07) is 17.6. The second kappa shape index (κ2) is 6.87. The van der Waals surface area contributed by atoms with Gasteiger partial charge in [-0.3, -0.25) is 9.59 Å². The Balaban J connectivity index is 1.97. The van der Waals surface area contributed by atoms with Gasteiger partial charge >= 0.3 is 0 Å². The van der Waals surface area contributed by atoms with E-state index in [0.717, 1.165) is 5.71 Å². The molecular formula is C21H22N4O2. The summed E-state index contributed by atoms with van der Waals surface area (Å²) in [5.41, 5.74) is -0.00556. The van der Waals surface area contributed by atoms with Crippen molar-refractivity contribution < 1.29 is 9.59 Å². The molecule has 3 rings (SSSR count). The van der Waals surface area contributed by atoms with Gasteiger partial charge in [0.1, 0.15) is 0 Å². The van der Waals surface area contributed by atoms with Crippen LogP contribution < -0.4 is 0 Å². The first-order chi connectivity index (χ1) is 12.8. The number of carbonyl (C=O) groups excluding carboxylic acids is 2. The number of nitrogens with zero attached hydrogens (tertiary/aromatic N) is 4. The number of rotatable bonds is 3. The molecule has 2 aromatic carbocycles. The lowest BCUT2D eigenvalue weighted by Crippen LogP contribution is -2.51. The first-order valence-electron chi connectivity index (χ1n) is 8.75. The Morgan fingerprint density at radius 2 is 1.41 bits per heavy atom. The first kappa shape index (κ1) is 18.6. The van der Waals surface area contributed by atoms with Crippen LogP contribution in [0.15, 0.2) is 76.0 Å². The van der Waals surface area contributed by atoms with E-state index < -0.39 is 17.0 Å². The number of carbonyl (C=O) groups is 2. The molecule has 0 radical (unpaired) electrons. The van der Waals surface area contributed by atoms with Crippen LogP contribution in [0.5, 0.6) is 0 Å². The molecule has 6 heteroatoms. The Bertz CT molecular complexity index is 920. The second-order valence-electron chi connectivity index (χ2n) is 7.19. The minimum atomic E-state index is -1.12. The molecule has 0 aliphatic carbocycles. The van der Waals surface area contributed by atoms with Crippen LogP contribution in [0.4, 0.5) is 0 Å². The van der Waals surface area contributed by atoms with Crippen molar-refractivity contribution in [3.05, 3.63) is 71.8 Å². The molecule has 0 spiro atoms.